The molecule has 2 aliphatic rings. The molecule has 1 saturated carbocycles. The standard InChI is InChI=1S/C20H26O4/c1-14-6-10-20(23)12-16(18(21)22)4-3-5-17(20)19(14,2)9-7-15-8-11-24-13-15/h3-5,8,11,13-14,17,23H,6-7,9-10,12H2,1-2H3,(H,21,22)/t14-,17-,19-,20-/m1/s1. The molecule has 0 aromatic carbocycles. The van der Waals surface area contributed by atoms with Crippen LogP contribution in [0.25, 0.3) is 0 Å². The first-order valence-corrected chi connectivity index (χ1v) is 8.69. The molecule has 0 aliphatic heterocycles. The van der Waals surface area contributed by atoms with E-state index in [1.807, 2.05) is 18.2 Å². The molecule has 1 aromatic heterocycles. The van der Waals surface area contributed by atoms with Crippen molar-refractivity contribution in [2.75, 3.05) is 0 Å². The zero-order chi connectivity index (χ0) is 17.4. The summed E-state index contributed by atoms with van der Waals surface area (Å²) in [5, 5.41) is 20.7. The largest absolute Gasteiger partial charge is 0.478 e. The fraction of sp³-hybridized carbons (Fsp3) is 0.550. The number of hydrogen-bond acceptors (Lipinski definition) is 3. The predicted molar refractivity (Wildman–Crippen MR) is 91.4 cm³/mol. The fourth-order valence-corrected chi connectivity index (χ4v) is 4.54. The summed E-state index contributed by atoms with van der Waals surface area (Å²) in [5.74, 6) is -0.521. The van der Waals surface area contributed by atoms with E-state index in [-0.39, 0.29) is 17.8 Å². The second-order valence-corrected chi connectivity index (χ2v) is 7.72. The van der Waals surface area contributed by atoms with Gasteiger partial charge in [0.2, 0.25) is 0 Å². The Hall–Kier alpha value is -1.81. The van der Waals surface area contributed by atoms with E-state index in [4.69, 9.17) is 4.42 Å². The highest BCUT2D eigenvalue weighted by atomic mass is 16.4. The van der Waals surface area contributed by atoms with Crippen LogP contribution in [0, 0.1) is 17.3 Å². The van der Waals surface area contributed by atoms with Crippen LogP contribution in [0.15, 0.2) is 46.8 Å². The fourth-order valence-electron chi connectivity index (χ4n) is 4.54. The van der Waals surface area contributed by atoms with Crippen LogP contribution in [0.4, 0.5) is 0 Å². The molecule has 0 radical (unpaired) electrons. The lowest BCUT2D eigenvalue weighted by Crippen LogP contribution is -2.53. The molecule has 4 nitrogen and oxygen atoms in total. The molecule has 130 valence electrons. The Balaban J connectivity index is 1.87. The van der Waals surface area contributed by atoms with Crippen molar-refractivity contribution < 1.29 is 19.4 Å². The number of hydrogen-bond donors (Lipinski definition) is 2. The van der Waals surface area contributed by atoms with Gasteiger partial charge in [-0.05, 0) is 48.6 Å². The Kier molecular flexibility index (Phi) is 4.43. The average Bonchev–Trinajstić information content (AvgIpc) is 2.98. The summed E-state index contributed by atoms with van der Waals surface area (Å²) >= 11 is 0. The molecule has 0 amide bonds. The summed E-state index contributed by atoms with van der Waals surface area (Å²) < 4.78 is 5.16. The second kappa shape index (κ2) is 6.25. The second-order valence-electron chi connectivity index (χ2n) is 7.72. The van der Waals surface area contributed by atoms with E-state index in [1.165, 1.54) is 5.56 Å². The third-order valence-electron chi connectivity index (χ3n) is 6.33. The lowest BCUT2D eigenvalue weighted by molar-refractivity contribution is -0.136. The Morgan fingerprint density at radius 2 is 2.25 bits per heavy atom. The highest BCUT2D eigenvalue weighted by Gasteiger charge is 2.53. The van der Waals surface area contributed by atoms with Crippen molar-refractivity contribution in [3.05, 3.63) is 48.0 Å². The highest BCUT2D eigenvalue weighted by molar-refractivity contribution is 5.87. The maximum atomic E-state index is 11.4. The summed E-state index contributed by atoms with van der Waals surface area (Å²) in [6, 6.07) is 1.98. The van der Waals surface area contributed by atoms with Gasteiger partial charge in [-0.3, -0.25) is 0 Å². The molecule has 24 heavy (non-hydrogen) atoms. The maximum Gasteiger partial charge on any atom is 0.331 e. The normalized spacial score (nSPS) is 35.9. The van der Waals surface area contributed by atoms with Crippen molar-refractivity contribution in [2.24, 2.45) is 17.3 Å². The van der Waals surface area contributed by atoms with Crippen molar-refractivity contribution >= 4 is 5.97 Å². The third-order valence-corrected chi connectivity index (χ3v) is 6.33. The van der Waals surface area contributed by atoms with Crippen LogP contribution in [0.2, 0.25) is 0 Å². The number of carbonyl (C=O) groups is 1. The van der Waals surface area contributed by atoms with Crippen molar-refractivity contribution in [1.82, 2.24) is 0 Å². The molecule has 0 spiro atoms. The number of fused-ring (bicyclic) bond motifs is 1. The van der Waals surface area contributed by atoms with Gasteiger partial charge in [-0.25, -0.2) is 4.79 Å². The van der Waals surface area contributed by atoms with Gasteiger partial charge < -0.3 is 14.6 Å². The number of carboxylic acid groups (broad SMARTS) is 1. The van der Waals surface area contributed by atoms with Crippen molar-refractivity contribution in [3.63, 3.8) is 0 Å². The first-order valence-electron chi connectivity index (χ1n) is 8.69. The van der Waals surface area contributed by atoms with Crippen LogP contribution < -0.4 is 0 Å². The lowest BCUT2D eigenvalue weighted by Gasteiger charge is -2.53. The van der Waals surface area contributed by atoms with Gasteiger partial charge >= 0.3 is 5.97 Å². The number of rotatable bonds is 4. The van der Waals surface area contributed by atoms with Crippen LogP contribution in [0.3, 0.4) is 0 Å². The average molecular weight is 330 g/mol. The minimum atomic E-state index is -0.977. The van der Waals surface area contributed by atoms with Gasteiger partial charge in [0.1, 0.15) is 0 Å². The zero-order valence-electron chi connectivity index (χ0n) is 14.4. The highest BCUT2D eigenvalue weighted by Crippen LogP contribution is 2.55. The molecule has 2 aliphatic carbocycles. The topological polar surface area (TPSA) is 70.7 Å². The zero-order valence-corrected chi connectivity index (χ0v) is 14.4. The third kappa shape index (κ3) is 2.95. The molecule has 1 aromatic rings. The summed E-state index contributed by atoms with van der Waals surface area (Å²) in [7, 11) is 0. The molecule has 0 bridgehead atoms. The monoisotopic (exact) mass is 330 g/mol. The van der Waals surface area contributed by atoms with Crippen molar-refractivity contribution in [3.8, 4) is 0 Å². The molecule has 4 heteroatoms. The van der Waals surface area contributed by atoms with Gasteiger partial charge in [-0.15, -0.1) is 0 Å². The minimum Gasteiger partial charge on any atom is -0.478 e. The summed E-state index contributed by atoms with van der Waals surface area (Å²) in [6.07, 6.45) is 12.6. The summed E-state index contributed by atoms with van der Waals surface area (Å²) in [5.41, 5.74) is 0.403. The number of allylic oxidation sites excluding steroid dienone is 2. The van der Waals surface area contributed by atoms with E-state index in [2.05, 4.69) is 13.8 Å². The summed E-state index contributed by atoms with van der Waals surface area (Å²) in [4.78, 5) is 11.4. The molecule has 1 heterocycles. The summed E-state index contributed by atoms with van der Waals surface area (Å²) in [6.45, 7) is 4.49. The Bertz CT molecular complexity index is 657. The van der Waals surface area contributed by atoms with Crippen LogP contribution in [0.5, 0.6) is 0 Å². The SMILES string of the molecule is C[C@@H]1CC[C@@]2(O)CC(C(=O)O)=CC=C[C@@H]2[C@]1(C)CCc1ccoc1. The van der Waals surface area contributed by atoms with Crippen LogP contribution in [0.1, 0.15) is 45.1 Å². The van der Waals surface area contributed by atoms with Crippen LogP contribution >= 0.6 is 0 Å². The molecule has 3 rings (SSSR count). The molecule has 1 fully saturated rings. The first kappa shape index (κ1) is 17.0. The maximum absolute atomic E-state index is 11.4. The van der Waals surface area contributed by atoms with E-state index in [0.29, 0.717) is 17.9 Å². The van der Waals surface area contributed by atoms with E-state index >= 15 is 0 Å². The molecular formula is C20H26O4. The Labute approximate surface area is 142 Å². The van der Waals surface area contributed by atoms with Gasteiger partial charge in [0.25, 0.3) is 0 Å². The number of aryl methyl sites for hydroxylation is 1. The molecule has 4 atom stereocenters. The molecule has 2 N–H and O–H groups in total. The van der Waals surface area contributed by atoms with Gasteiger partial charge in [0.05, 0.1) is 18.1 Å². The number of carboxylic acids is 1. The molecule has 0 saturated heterocycles. The van der Waals surface area contributed by atoms with Gasteiger partial charge in [0, 0.05) is 17.9 Å². The van der Waals surface area contributed by atoms with E-state index in [1.54, 1.807) is 18.6 Å². The van der Waals surface area contributed by atoms with E-state index < -0.39 is 11.6 Å². The van der Waals surface area contributed by atoms with Crippen molar-refractivity contribution in [1.29, 1.82) is 0 Å². The Morgan fingerprint density at radius 3 is 2.92 bits per heavy atom. The van der Waals surface area contributed by atoms with Crippen molar-refractivity contribution in [2.45, 2.75) is 51.6 Å². The quantitative estimate of drug-likeness (QED) is 0.876. The van der Waals surface area contributed by atoms with Gasteiger partial charge in [-0.2, -0.15) is 0 Å². The number of aliphatic hydroxyl groups is 1. The number of aliphatic carboxylic acids is 1. The first-order chi connectivity index (χ1) is 11.3. The van der Waals surface area contributed by atoms with Gasteiger partial charge in [0.15, 0.2) is 0 Å². The predicted octanol–water partition coefficient (Wildman–Crippen LogP) is 3.97. The smallest absolute Gasteiger partial charge is 0.331 e. The van der Waals surface area contributed by atoms with Crippen LogP contribution in [-0.2, 0) is 11.2 Å². The van der Waals surface area contributed by atoms with Crippen LogP contribution in [-0.4, -0.2) is 21.8 Å². The minimum absolute atomic E-state index is 0.0475. The van der Waals surface area contributed by atoms with E-state index in [0.717, 1.165) is 19.3 Å². The molecule has 0 unspecified atom stereocenters. The molecular weight excluding hydrogens is 304 g/mol. The lowest BCUT2D eigenvalue weighted by atomic mass is 9.53. The number of furan rings is 1. The van der Waals surface area contributed by atoms with E-state index in [9.17, 15) is 15.0 Å². The van der Waals surface area contributed by atoms with Gasteiger partial charge in [-0.1, -0.05) is 32.1 Å². The Morgan fingerprint density at radius 1 is 1.46 bits per heavy atom.